The smallest absolute Gasteiger partial charge is 0.222 e. The van der Waals surface area contributed by atoms with Crippen LogP contribution >= 0.6 is 7.37 Å². The standard InChI is InChI=1S/C11H21N2O4P/c14-11-2-1-3-13(11)6-9-18(15,16)10-12-4-7-17-8-5-12/h1-10H2,(H,15,16). The fraction of sp³-hybridized carbons (Fsp3) is 0.909. The maximum Gasteiger partial charge on any atom is 0.222 e. The number of rotatable bonds is 5. The first-order valence-electron chi connectivity index (χ1n) is 6.45. The van der Waals surface area contributed by atoms with Crippen LogP contribution in [0.25, 0.3) is 0 Å². The van der Waals surface area contributed by atoms with E-state index in [-0.39, 0.29) is 18.4 Å². The van der Waals surface area contributed by atoms with Crippen molar-refractivity contribution in [3.8, 4) is 0 Å². The molecule has 104 valence electrons. The van der Waals surface area contributed by atoms with Gasteiger partial charge in [-0.15, -0.1) is 0 Å². The predicted molar refractivity (Wildman–Crippen MR) is 67.8 cm³/mol. The zero-order chi connectivity index (χ0) is 13.0. The summed E-state index contributed by atoms with van der Waals surface area (Å²) >= 11 is 0. The van der Waals surface area contributed by atoms with Crippen LogP contribution < -0.4 is 0 Å². The Morgan fingerprint density at radius 1 is 1.28 bits per heavy atom. The van der Waals surface area contributed by atoms with Crippen molar-refractivity contribution < 1.29 is 19.0 Å². The van der Waals surface area contributed by atoms with Crippen molar-refractivity contribution in [2.75, 3.05) is 51.8 Å². The van der Waals surface area contributed by atoms with Gasteiger partial charge in [-0.2, -0.15) is 0 Å². The molecule has 1 amide bonds. The second-order valence-electron chi connectivity index (χ2n) is 4.93. The predicted octanol–water partition coefficient (Wildman–Crippen LogP) is 0.169. The highest BCUT2D eigenvalue weighted by molar-refractivity contribution is 7.57. The Labute approximate surface area is 107 Å². The summed E-state index contributed by atoms with van der Waals surface area (Å²) < 4.78 is 17.3. The minimum Gasteiger partial charge on any atom is -0.379 e. The van der Waals surface area contributed by atoms with E-state index in [0.717, 1.165) is 13.0 Å². The maximum atomic E-state index is 12.1. The number of hydrogen-bond donors (Lipinski definition) is 1. The zero-order valence-corrected chi connectivity index (χ0v) is 11.5. The molecule has 18 heavy (non-hydrogen) atoms. The van der Waals surface area contributed by atoms with E-state index in [2.05, 4.69) is 0 Å². The molecule has 2 fully saturated rings. The van der Waals surface area contributed by atoms with Crippen LogP contribution in [-0.2, 0) is 14.1 Å². The van der Waals surface area contributed by atoms with Gasteiger partial charge in [-0.05, 0) is 6.42 Å². The number of carbonyl (C=O) groups is 1. The second-order valence-corrected chi connectivity index (χ2v) is 7.35. The van der Waals surface area contributed by atoms with E-state index < -0.39 is 7.37 Å². The van der Waals surface area contributed by atoms with Gasteiger partial charge in [0.1, 0.15) is 0 Å². The lowest BCUT2D eigenvalue weighted by Gasteiger charge is -2.28. The van der Waals surface area contributed by atoms with Gasteiger partial charge in [0, 0.05) is 38.8 Å². The van der Waals surface area contributed by atoms with Gasteiger partial charge < -0.3 is 14.5 Å². The van der Waals surface area contributed by atoms with Gasteiger partial charge in [0.25, 0.3) is 0 Å². The second kappa shape index (κ2) is 6.15. The molecule has 2 aliphatic heterocycles. The van der Waals surface area contributed by atoms with Gasteiger partial charge in [0.05, 0.1) is 19.5 Å². The normalized spacial score (nSPS) is 25.4. The molecule has 1 N–H and O–H groups in total. The minimum atomic E-state index is -3.16. The van der Waals surface area contributed by atoms with Crippen molar-refractivity contribution in [1.82, 2.24) is 9.80 Å². The molecule has 7 heteroatoms. The molecule has 0 bridgehead atoms. The van der Waals surface area contributed by atoms with E-state index in [0.29, 0.717) is 39.3 Å². The van der Waals surface area contributed by atoms with Crippen molar-refractivity contribution in [2.45, 2.75) is 12.8 Å². The lowest BCUT2D eigenvalue weighted by Crippen LogP contribution is -2.37. The topological polar surface area (TPSA) is 70.1 Å². The highest BCUT2D eigenvalue weighted by Crippen LogP contribution is 2.41. The first-order chi connectivity index (χ1) is 8.57. The molecule has 2 rings (SSSR count). The molecule has 0 aliphatic carbocycles. The van der Waals surface area contributed by atoms with Crippen LogP contribution in [0.5, 0.6) is 0 Å². The van der Waals surface area contributed by atoms with E-state index in [9.17, 15) is 14.3 Å². The van der Waals surface area contributed by atoms with Crippen molar-refractivity contribution in [1.29, 1.82) is 0 Å². The van der Waals surface area contributed by atoms with Gasteiger partial charge in [-0.3, -0.25) is 14.3 Å². The highest BCUT2D eigenvalue weighted by atomic mass is 31.2. The Morgan fingerprint density at radius 2 is 2.00 bits per heavy atom. The van der Waals surface area contributed by atoms with Crippen LogP contribution in [0, 0.1) is 0 Å². The van der Waals surface area contributed by atoms with Gasteiger partial charge >= 0.3 is 0 Å². The van der Waals surface area contributed by atoms with Crippen molar-refractivity contribution in [3.05, 3.63) is 0 Å². The van der Waals surface area contributed by atoms with Crippen molar-refractivity contribution >= 4 is 13.3 Å². The third kappa shape index (κ3) is 4.05. The van der Waals surface area contributed by atoms with Gasteiger partial charge in [0.2, 0.25) is 13.3 Å². The van der Waals surface area contributed by atoms with E-state index >= 15 is 0 Å². The molecule has 6 nitrogen and oxygen atoms in total. The summed E-state index contributed by atoms with van der Waals surface area (Å²) in [6, 6.07) is 0. The number of amides is 1. The number of ether oxygens (including phenoxy) is 1. The summed E-state index contributed by atoms with van der Waals surface area (Å²) in [5.74, 6) is 0.112. The van der Waals surface area contributed by atoms with E-state index in [1.807, 2.05) is 4.90 Å². The largest absolute Gasteiger partial charge is 0.379 e. The van der Waals surface area contributed by atoms with Gasteiger partial charge in [-0.25, -0.2) is 0 Å². The lowest BCUT2D eigenvalue weighted by atomic mass is 10.4. The minimum absolute atomic E-state index is 0.112. The Morgan fingerprint density at radius 3 is 2.61 bits per heavy atom. The summed E-state index contributed by atoms with van der Waals surface area (Å²) in [4.78, 5) is 25.0. The molecule has 1 atom stereocenters. The SMILES string of the molecule is O=C1CCCN1CCP(=O)(O)CN1CCOCC1. The Bertz CT molecular complexity index is 344. The lowest BCUT2D eigenvalue weighted by molar-refractivity contribution is -0.127. The van der Waals surface area contributed by atoms with Gasteiger partial charge in [0.15, 0.2) is 0 Å². The third-order valence-electron chi connectivity index (χ3n) is 3.42. The fourth-order valence-electron chi connectivity index (χ4n) is 2.34. The molecule has 0 aromatic carbocycles. The molecule has 2 heterocycles. The van der Waals surface area contributed by atoms with E-state index in [1.165, 1.54) is 0 Å². The average molecular weight is 276 g/mol. The van der Waals surface area contributed by atoms with E-state index in [1.54, 1.807) is 4.90 Å². The van der Waals surface area contributed by atoms with Crippen molar-refractivity contribution in [2.24, 2.45) is 0 Å². The third-order valence-corrected chi connectivity index (χ3v) is 5.16. The van der Waals surface area contributed by atoms with Crippen LogP contribution in [0.3, 0.4) is 0 Å². The summed E-state index contributed by atoms with van der Waals surface area (Å²) in [6.45, 7) is 3.84. The molecule has 0 saturated carbocycles. The Balaban J connectivity index is 1.75. The summed E-state index contributed by atoms with van der Waals surface area (Å²) in [5.41, 5.74) is 0. The van der Waals surface area contributed by atoms with Crippen LogP contribution in [0.1, 0.15) is 12.8 Å². The van der Waals surface area contributed by atoms with E-state index in [4.69, 9.17) is 4.74 Å². The molecule has 0 radical (unpaired) electrons. The number of hydrogen-bond acceptors (Lipinski definition) is 4. The Hall–Kier alpha value is -0.420. The van der Waals surface area contributed by atoms with Crippen LogP contribution in [-0.4, -0.2) is 72.4 Å². The number of carbonyl (C=O) groups excluding carboxylic acids is 1. The maximum absolute atomic E-state index is 12.1. The number of likely N-dealkylation sites (tertiary alicyclic amines) is 1. The average Bonchev–Trinajstić information content (AvgIpc) is 2.73. The van der Waals surface area contributed by atoms with Crippen molar-refractivity contribution in [3.63, 3.8) is 0 Å². The van der Waals surface area contributed by atoms with Crippen LogP contribution in [0.15, 0.2) is 0 Å². The number of morpholine rings is 1. The zero-order valence-electron chi connectivity index (χ0n) is 10.6. The van der Waals surface area contributed by atoms with Crippen LogP contribution in [0.2, 0.25) is 0 Å². The quantitative estimate of drug-likeness (QED) is 0.725. The first kappa shape index (κ1) is 14.0. The highest BCUT2D eigenvalue weighted by Gasteiger charge is 2.27. The summed E-state index contributed by atoms with van der Waals surface area (Å²) in [5, 5.41) is 0. The number of nitrogens with zero attached hydrogens (tertiary/aromatic N) is 2. The summed E-state index contributed by atoms with van der Waals surface area (Å²) in [6.07, 6.45) is 1.88. The fourth-order valence-corrected chi connectivity index (χ4v) is 3.95. The first-order valence-corrected chi connectivity index (χ1v) is 8.48. The summed E-state index contributed by atoms with van der Waals surface area (Å²) in [7, 11) is -3.16. The van der Waals surface area contributed by atoms with Gasteiger partial charge in [-0.1, -0.05) is 0 Å². The molecular weight excluding hydrogens is 255 g/mol. The molecule has 2 saturated heterocycles. The van der Waals surface area contributed by atoms with Crippen LogP contribution in [0.4, 0.5) is 0 Å². The monoisotopic (exact) mass is 276 g/mol. The molecule has 2 aliphatic rings. The molecule has 0 spiro atoms. The molecular formula is C11H21N2O4P. The molecule has 0 aromatic heterocycles. The molecule has 0 aromatic rings. The Kier molecular flexibility index (Phi) is 4.78. The molecule has 1 unspecified atom stereocenters.